The highest BCUT2D eigenvalue weighted by Crippen LogP contribution is 2.07. The minimum absolute atomic E-state index is 0.169. The van der Waals surface area contributed by atoms with Gasteiger partial charge < -0.3 is 20.4 Å². The molecule has 6 nitrogen and oxygen atoms in total. The maximum atomic E-state index is 11.7. The number of ether oxygens (including phenoxy) is 1. The van der Waals surface area contributed by atoms with Crippen LogP contribution in [0.25, 0.3) is 0 Å². The third-order valence-electron chi connectivity index (χ3n) is 2.75. The number of benzene rings is 1. The number of hydrogen-bond donors (Lipinski definition) is 3. The van der Waals surface area contributed by atoms with Gasteiger partial charge in [0.25, 0.3) is 5.56 Å². The van der Waals surface area contributed by atoms with Crippen molar-refractivity contribution in [1.82, 2.24) is 10.3 Å². The topological polar surface area (TPSA) is 83.2 Å². The molecule has 2 amide bonds. The standard InChI is InChI=1S/C15H17N3O3/c1-11-9-12(10-17-14(11)19)18-15(20)16-7-8-21-13-5-3-2-4-6-13/h2-6,9-10H,7-8H2,1H3,(H,17,19)(H2,16,18,20). The molecule has 0 unspecified atom stereocenters. The van der Waals surface area contributed by atoms with Crippen molar-refractivity contribution >= 4 is 11.7 Å². The Hall–Kier alpha value is -2.76. The Labute approximate surface area is 122 Å². The zero-order valence-corrected chi connectivity index (χ0v) is 11.7. The van der Waals surface area contributed by atoms with Crippen LogP contribution in [0, 0.1) is 6.92 Å². The van der Waals surface area contributed by atoms with E-state index in [0.29, 0.717) is 24.4 Å². The van der Waals surface area contributed by atoms with Gasteiger partial charge in [-0.3, -0.25) is 4.79 Å². The van der Waals surface area contributed by atoms with Crippen molar-refractivity contribution in [3.05, 3.63) is 58.5 Å². The van der Waals surface area contributed by atoms with E-state index in [1.165, 1.54) is 6.20 Å². The zero-order valence-electron chi connectivity index (χ0n) is 11.7. The molecule has 2 rings (SSSR count). The number of aromatic nitrogens is 1. The van der Waals surface area contributed by atoms with Crippen LogP contribution in [0.4, 0.5) is 10.5 Å². The van der Waals surface area contributed by atoms with Crippen molar-refractivity contribution in [2.24, 2.45) is 0 Å². The Balaban J connectivity index is 1.72. The summed E-state index contributed by atoms with van der Waals surface area (Å²) >= 11 is 0. The molecule has 0 radical (unpaired) electrons. The predicted molar refractivity (Wildman–Crippen MR) is 80.8 cm³/mol. The van der Waals surface area contributed by atoms with Gasteiger partial charge in [0.15, 0.2) is 0 Å². The second kappa shape index (κ2) is 7.14. The molecular weight excluding hydrogens is 270 g/mol. The van der Waals surface area contributed by atoms with Crippen molar-refractivity contribution in [2.75, 3.05) is 18.5 Å². The lowest BCUT2D eigenvalue weighted by atomic mass is 10.3. The summed E-state index contributed by atoms with van der Waals surface area (Å²) in [5.41, 5.74) is 0.908. The molecule has 0 bridgehead atoms. The lowest BCUT2D eigenvalue weighted by molar-refractivity contribution is 0.247. The summed E-state index contributed by atoms with van der Waals surface area (Å²) in [6.07, 6.45) is 1.45. The van der Waals surface area contributed by atoms with Crippen molar-refractivity contribution in [3.63, 3.8) is 0 Å². The molecule has 0 aliphatic carbocycles. The molecule has 21 heavy (non-hydrogen) atoms. The highest BCUT2D eigenvalue weighted by Gasteiger charge is 2.02. The summed E-state index contributed by atoms with van der Waals surface area (Å²) in [4.78, 5) is 25.4. The van der Waals surface area contributed by atoms with Crippen molar-refractivity contribution in [2.45, 2.75) is 6.92 Å². The van der Waals surface area contributed by atoms with Crippen molar-refractivity contribution < 1.29 is 9.53 Å². The number of hydrogen-bond acceptors (Lipinski definition) is 3. The van der Waals surface area contributed by atoms with Crippen LogP contribution in [-0.2, 0) is 0 Å². The summed E-state index contributed by atoms with van der Waals surface area (Å²) < 4.78 is 5.45. The molecule has 0 aliphatic rings. The number of amides is 2. The van der Waals surface area contributed by atoms with E-state index in [9.17, 15) is 9.59 Å². The van der Waals surface area contributed by atoms with Crippen LogP contribution in [-0.4, -0.2) is 24.2 Å². The van der Waals surface area contributed by atoms with Crippen molar-refractivity contribution in [1.29, 1.82) is 0 Å². The Morgan fingerprint density at radius 1 is 1.29 bits per heavy atom. The molecule has 0 saturated carbocycles. The lowest BCUT2D eigenvalue weighted by Crippen LogP contribution is -2.32. The van der Waals surface area contributed by atoms with Crippen LogP contribution in [0.1, 0.15) is 5.56 Å². The quantitative estimate of drug-likeness (QED) is 0.734. The third-order valence-corrected chi connectivity index (χ3v) is 2.75. The van der Waals surface area contributed by atoms with Gasteiger partial charge in [-0.25, -0.2) is 4.79 Å². The Kier molecular flexibility index (Phi) is 4.98. The molecule has 1 heterocycles. The Morgan fingerprint density at radius 2 is 2.05 bits per heavy atom. The molecule has 0 saturated heterocycles. The number of aromatic amines is 1. The van der Waals surface area contributed by atoms with Crippen LogP contribution in [0.5, 0.6) is 5.75 Å². The third kappa shape index (κ3) is 4.68. The molecule has 0 spiro atoms. The molecule has 0 atom stereocenters. The molecule has 0 aliphatic heterocycles. The first kappa shape index (κ1) is 14.6. The first-order valence-electron chi connectivity index (χ1n) is 6.57. The fraction of sp³-hybridized carbons (Fsp3) is 0.200. The van der Waals surface area contributed by atoms with Gasteiger partial charge >= 0.3 is 6.03 Å². The van der Waals surface area contributed by atoms with E-state index in [0.717, 1.165) is 5.75 Å². The van der Waals surface area contributed by atoms with E-state index < -0.39 is 0 Å². The number of nitrogens with one attached hydrogen (secondary N) is 3. The van der Waals surface area contributed by atoms with E-state index in [2.05, 4.69) is 15.6 Å². The highest BCUT2D eigenvalue weighted by molar-refractivity contribution is 5.89. The average Bonchev–Trinajstić information content (AvgIpc) is 2.49. The van der Waals surface area contributed by atoms with Crippen LogP contribution < -0.4 is 20.9 Å². The van der Waals surface area contributed by atoms with Gasteiger partial charge in [0.2, 0.25) is 0 Å². The molecule has 3 N–H and O–H groups in total. The average molecular weight is 287 g/mol. The Morgan fingerprint density at radius 3 is 2.76 bits per heavy atom. The second-order valence-electron chi connectivity index (χ2n) is 4.44. The van der Waals surface area contributed by atoms with E-state index in [1.54, 1.807) is 13.0 Å². The van der Waals surface area contributed by atoms with Gasteiger partial charge in [-0.2, -0.15) is 0 Å². The van der Waals surface area contributed by atoms with Gasteiger partial charge in [0.1, 0.15) is 12.4 Å². The minimum atomic E-state index is -0.349. The van der Waals surface area contributed by atoms with Crippen LogP contribution in [0.15, 0.2) is 47.4 Å². The van der Waals surface area contributed by atoms with Gasteiger partial charge in [0.05, 0.1) is 12.2 Å². The maximum Gasteiger partial charge on any atom is 0.319 e. The largest absolute Gasteiger partial charge is 0.492 e. The van der Waals surface area contributed by atoms with Crippen LogP contribution in [0.3, 0.4) is 0 Å². The number of pyridine rings is 1. The molecule has 1 aromatic heterocycles. The molecular formula is C15H17N3O3. The first-order chi connectivity index (χ1) is 10.1. The normalized spacial score (nSPS) is 9.95. The lowest BCUT2D eigenvalue weighted by Gasteiger charge is -2.09. The summed E-state index contributed by atoms with van der Waals surface area (Å²) in [5.74, 6) is 0.760. The van der Waals surface area contributed by atoms with E-state index in [-0.39, 0.29) is 11.6 Å². The summed E-state index contributed by atoms with van der Waals surface area (Å²) in [7, 11) is 0. The number of aryl methyl sites for hydroxylation is 1. The van der Waals surface area contributed by atoms with Crippen LogP contribution >= 0.6 is 0 Å². The predicted octanol–water partition coefficient (Wildman–Crippen LogP) is 1.88. The number of rotatable bonds is 5. The van der Waals surface area contributed by atoms with E-state index in [4.69, 9.17) is 4.74 Å². The zero-order chi connectivity index (χ0) is 15.1. The van der Waals surface area contributed by atoms with E-state index >= 15 is 0 Å². The molecule has 0 fully saturated rings. The maximum absolute atomic E-state index is 11.7. The number of carbonyl (C=O) groups excluding carboxylic acids is 1. The van der Waals surface area contributed by atoms with Crippen LogP contribution in [0.2, 0.25) is 0 Å². The first-order valence-corrected chi connectivity index (χ1v) is 6.57. The second-order valence-corrected chi connectivity index (χ2v) is 4.44. The number of para-hydroxylation sites is 1. The molecule has 2 aromatic rings. The summed E-state index contributed by atoms with van der Waals surface area (Å²) in [5, 5.41) is 5.30. The van der Waals surface area contributed by atoms with Gasteiger partial charge in [-0.1, -0.05) is 18.2 Å². The number of carbonyl (C=O) groups is 1. The van der Waals surface area contributed by atoms with Gasteiger partial charge in [0, 0.05) is 11.8 Å². The molecule has 6 heteroatoms. The van der Waals surface area contributed by atoms with Crippen molar-refractivity contribution in [3.8, 4) is 5.75 Å². The number of urea groups is 1. The SMILES string of the molecule is Cc1cc(NC(=O)NCCOc2ccccc2)c[nH]c1=O. The molecule has 1 aromatic carbocycles. The fourth-order valence-corrected chi connectivity index (χ4v) is 1.70. The van der Waals surface area contributed by atoms with Gasteiger partial charge in [-0.05, 0) is 25.1 Å². The molecule has 110 valence electrons. The highest BCUT2D eigenvalue weighted by atomic mass is 16.5. The van der Waals surface area contributed by atoms with E-state index in [1.807, 2.05) is 30.3 Å². The smallest absolute Gasteiger partial charge is 0.319 e. The Bertz CT molecular complexity index is 653. The number of anilines is 1. The number of H-pyrrole nitrogens is 1. The summed E-state index contributed by atoms with van der Waals surface area (Å²) in [6.45, 7) is 2.43. The minimum Gasteiger partial charge on any atom is -0.492 e. The van der Waals surface area contributed by atoms with Gasteiger partial charge in [-0.15, -0.1) is 0 Å². The summed E-state index contributed by atoms with van der Waals surface area (Å²) in [6, 6.07) is 10.6. The monoisotopic (exact) mass is 287 g/mol. The fourth-order valence-electron chi connectivity index (χ4n) is 1.70.